The van der Waals surface area contributed by atoms with Crippen LogP contribution in [0.1, 0.15) is 33.5 Å². The topological polar surface area (TPSA) is 95.3 Å². The van der Waals surface area contributed by atoms with E-state index in [4.69, 9.17) is 21.1 Å². The number of halogens is 1. The number of hydrogen-bond donors (Lipinski definition) is 1. The zero-order chi connectivity index (χ0) is 23.3. The average Bonchev–Trinajstić information content (AvgIpc) is 3.24. The van der Waals surface area contributed by atoms with Crippen LogP contribution < -0.4 is 10.1 Å². The zero-order valence-electron chi connectivity index (χ0n) is 18.1. The maximum atomic E-state index is 12.5. The van der Waals surface area contributed by atoms with Gasteiger partial charge in [-0.25, -0.2) is 4.79 Å². The van der Waals surface area contributed by atoms with E-state index in [1.54, 1.807) is 30.7 Å². The Labute approximate surface area is 199 Å². The lowest BCUT2D eigenvalue weighted by Crippen LogP contribution is -2.16. The van der Waals surface area contributed by atoms with Crippen LogP contribution in [-0.4, -0.2) is 39.0 Å². The van der Waals surface area contributed by atoms with E-state index in [9.17, 15) is 9.59 Å². The van der Waals surface area contributed by atoms with Gasteiger partial charge in [-0.3, -0.25) is 4.79 Å². The molecule has 1 amide bonds. The molecule has 2 heterocycles. The van der Waals surface area contributed by atoms with Gasteiger partial charge in [-0.2, -0.15) is 0 Å². The Hall–Kier alpha value is -2.56. The zero-order valence-corrected chi connectivity index (χ0v) is 20.5. The van der Waals surface area contributed by atoms with Gasteiger partial charge in [0, 0.05) is 11.9 Å². The number of thiophene rings is 1. The largest absolute Gasteiger partial charge is 0.484 e. The number of carbonyl (C=O) groups is 2. The molecule has 1 N–H and O–H groups in total. The number of para-hydroxylation sites is 1. The SMILES string of the molecule is CCOC(=O)c1c(NC(=O)CSc2nnc(COc3ccccc3Cl)n2C)sc(C)c1C. The molecular formula is C21H23ClN4O4S2. The van der Waals surface area contributed by atoms with Crippen molar-refractivity contribution in [1.29, 1.82) is 0 Å². The van der Waals surface area contributed by atoms with Crippen LogP contribution in [0.3, 0.4) is 0 Å². The number of thioether (sulfide) groups is 1. The van der Waals surface area contributed by atoms with Crippen LogP contribution in [0.4, 0.5) is 5.00 Å². The van der Waals surface area contributed by atoms with Crippen molar-refractivity contribution in [2.24, 2.45) is 7.05 Å². The molecule has 0 spiro atoms. The second-order valence-corrected chi connectivity index (χ2v) is 9.30. The highest BCUT2D eigenvalue weighted by molar-refractivity contribution is 7.99. The Morgan fingerprint density at radius 3 is 2.72 bits per heavy atom. The first kappa shape index (κ1) is 24.1. The van der Waals surface area contributed by atoms with Crippen molar-refractivity contribution in [3.8, 4) is 5.75 Å². The van der Waals surface area contributed by atoms with Crippen molar-refractivity contribution in [2.45, 2.75) is 32.5 Å². The van der Waals surface area contributed by atoms with Crippen LogP contribution in [0.25, 0.3) is 0 Å². The van der Waals surface area contributed by atoms with Gasteiger partial charge >= 0.3 is 5.97 Å². The summed E-state index contributed by atoms with van der Waals surface area (Å²) in [6, 6.07) is 7.18. The van der Waals surface area contributed by atoms with Gasteiger partial charge in [0.25, 0.3) is 0 Å². The number of nitrogens with zero attached hydrogens (tertiary/aromatic N) is 3. The maximum absolute atomic E-state index is 12.5. The molecule has 0 aliphatic carbocycles. The number of carbonyl (C=O) groups excluding carboxylic acids is 2. The summed E-state index contributed by atoms with van der Waals surface area (Å²) in [6.45, 7) is 5.95. The van der Waals surface area contributed by atoms with Crippen LogP contribution in [0.5, 0.6) is 5.75 Å². The van der Waals surface area contributed by atoms with Crippen molar-refractivity contribution in [1.82, 2.24) is 14.8 Å². The second kappa shape index (κ2) is 10.8. The van der Waals surface area contributed by atoms with Crippen molar-refractivity contribution in [3.63, 3.8) is 0 Å². The average molecular weight is 495 g/mol. The Morgan fingerprint density at radius 1 is 1.25 bits per heavy atom. The predicted molar refractivity (Wildman–Crippen MR) is 126 cm³/mol. The normalized spacial score (nSPS) is 10.8. The lowest BCUT2D eigenvalue weighted by molar-refractivity contribution is -0.113. The van der Waals surface area contributed by atoms with E-state index in [1.807, 2.05) is 26.0 Å². The molecule has 0 aliphatic rings. The van der Waals surface area contributed by atoms with E-state index in [0.717, 1.165) is 10.4 Å². The first-order valence-electron chi connectivity index (χ1n) is 9.77. The van der Waals surface area contributed by atoms with Crippen LogP contribution in [-0.2, 0) is 23.2 Å². The van der Waals surface area contributed by atoms with E-state index in [0.29, 0.717) is 32.3 Å². The molecule has 3 aromatic rings. The van der Waals surface area contributed by atoms with E-state index in [1.165, 1.54) is 23.1 Å². The summed E-state index contributed by atoms with van der Waals surface area (Å²) in [5, 5.41) is 12.7. The fraction of sp³-hybridized carbons (Fsp3) is 0.333. The fourth-order valence-electron chi connectivity index (χ4n) is 2.76. The molecule has 0 saturated heterocycles. The van der Waals surface area contributed by atoms with Gasteiger partial charge < -0.3 is 19.4 Å². The molecule has 0 bridgehead atoms. The molecule has 0 radical (unpaired) electrons. The minimum Gasteiger partial charge on any atom is -0.484 e. The smallest absolute Gasteiger partial charge is 0.341 e. The number of ether oxygens (including phenoxy) is 2. The van der Waals surface area contributed by atoms with Gasteiger partial charge in [-0.1, -0.05) is 35.5 Å². The van der Waals surface area contributed by atoms with Gasteiger partial charge in [-0.05, 0) is 38.5 Å². The molecule has 32 heavy (non-hydrogen) atoms. The number of aryl methyl sites for hydroxylation is 1. The fourth-order valence-corrected chi connectivity index (χ4v) is 4.74. The van der Waals surface area contributed by atoms with Crippen molar-refractivity contribution in [3.05, 3.63) is 51.1 Å². The molecular weight excluding hydrogens is 472 g/mol. The minimum absolute atomic E-state index is 0.107. The molecule has 0 fully saturated rings. The third kappa shape index (κ3) is 5.62. The molecule has 0 atom stereocenters. The van der Waals surface area contributed by atoms with Crippen molar-refractivity contribution < 1.29 is 19.1 Å². The Morgan fingerprint density at radius 2 is 2.00 bits per heavy atom. The summed E-state index contributed by atoms with van der Waals surface area (Å²) in [7, 11) is 1.80. The van der Waals surface area contributed by atoms with E-state index >= 15 is 0 Å². The number of benzene rings is 1. The standard InChI is InChI=1S/C21H23ClN4O4S2/c1-5-29-20(28)18-12(2)13(3)32-19(18)23-17(27)11-31-21-25-24-16(26(21)4)10-30-15-9-7-6-8-14(15)22/h6-9H,5,10-11H2,1-4H3,(H,23,27). The van der Waals surface area contributed by atoms with E-state index in [-0.39, 0.29) is 24.9 Å². The summed E-state index contributed by atoms with van der Waals surface area (Å²) >= 11 is 8.70. The molecule has 11 heteroatoms. The lowest BCUT2D eigenvalue weighted by atomic mass is 10.1. The number of nitrogens with one attached hydrogen (secondary N) is 1. The lowest BCUT2D eigenvalue weighted by Gasteiger charge is -2.08. The molecule has 0 saturated carbocycles. The first-order valence-corrected chi connectivity index (χ1v) is 11.9. The minimum atomic E-state index is -0.436. The van der Waals surface area contributed by atoms with Crippen molar-refractivity contribution >= 4 is 51.6 Å². The highest BCUT2D eigenvalue weighted by atomic mass is 35.5. The van der Waals surface area contributed by atoms with Crippen LogP contribution in [0, 0.1) is 13.8 Å². The molecule has 2 aromatic heterocycles. The highest BCUT2D eigenvalue weighted by Gasteiger charge is 2.22. The molecule has 8 nitrogen and oxygen atoms in total. The Kier molecular flexibility index (Phi) is 8.16. The van der Waals surface area contributed by atoms with Crippen LogP contribution >= 0.6 is 34.7 Å². The van der Waals surface area contributed by atoms with Gasteiger partial charge in [0.2, 0.25) is 5.91 Å². The summed E-state index contributed by atoms with van der Waals surface area (Å²) in [4.78, 5) is 25.8. The number of esters is 1. The van der Waals surface area contributed by atoms with Crippen LogP contribution in [0.15, 0.2) is 29.4 Å². The molecule has 1 aromatic carbocycles. The number of aromatic nitrogens is 3. The summed E-state index contributed by atoms with van der Waals surface area (Å²) in [6.07, 6.45) is 0. The Bertz CT molecular complexity index is 1130. The first-order chi connectivity index (χ1) is 15.3. The number of hydrogen-bond acceptors (Lipinski definition) is 8. The van der Waals surface area contributed by atoms with Gasteiger partial charge in [-0.15, -0.1) is 21.5 Å². The van der Waals surface area contributed by atoms with E-state index < -0.39 is 5.97 Å². The highest BCUT2D eigenvalue weighted by Crippen LogP contribution is 2.33. The quantitative estimate of drug-likeness (QED) is 0.342. The third-order valence-corrected chi connectivity index (χ3v) is 7.02. The molecule has 170 valence electrons. The number of amides is 1. The van der Waals surface area contributed by atoms with E-state index in [2.05, 4.69) is 15.5 Å². The molecule has 3 rings (SSSR count). The number of anilines is 1. The monoisotopic (exact) mass is 494 g/mol. The van der Waals surface area contributed by atoms with Gasteiger partial charge in [0.05, 0.1) is 22.9 Å². The van der Waals surface area contributed by atoms with Gasteiger partial charge in [0.1, 0.15) is 17.4 Å². The van der Waals surface area contributed by atoms with Gasteiger partial charge in [0.15, 0.2) is 11.0 Å². The summed E-state index contributed by atoms with van der Waals surface area (Å²) < 4.78 is 12.6. The summed E-state index contributed by atoms with van der Waals surface area (Å²) in [5.41, 5.74) is 1.22. The predicted octanol–water partition coefficient (Wildman–Crippen LogP) is 4.63. The summed E-state index contributed by atoms with van der Waals surface area (Å²) in [5.74, 6) is 0.578. The third-order valence-electron chi connectivity index (χ3n) is 4.57. The number of rotatable bonds is 9. The Balaban J connectivity index is 1.60. The van der Waals surface area contributed by atoms with Crippen LogP contribution in [0.2, 0.25) is 5.02 Å². The van der Waals surface area contributed by atoms with Crippen molar-refractivity contribution in [2.75, 3.05) is 17.7 Å². The molecule has 0 unspecified atom stereocenters. The second-order valence-electron chi connectivity index (χ2n) is 6.72. The molecule has 0 aliphatic heterocycles. The maximum Gasteiger partial charge on any atom is 0.341 e.